The van der Waals surface area contributed by atoms with Crippen LogP contribution < -0.4 is 5.32 Å². The summed E-state index contributed by atoms with van der Waals surface area (Å²) in [6.45, 7) is 2.57. The van der Waals surface area contributed by atoms with Gasteiger partial charge in [-0.2, -0.15) is 0 Å². The monoisotopic (exact) mass is 208 g/mol. The molecule has 1 rings (SSSR count). The molecule has 1 N–H and O–H groups in total. The van der Waals surface area contributed by atoms with Gasteiger partial charge in [-0.15, -0.1) is 0 Å². The lowest BCUT2D eigenvalue weighted by Crippen LogP contribution is -2.11. The van der Waals surface area contributed by atoms with Crippen molar-refractivity contribution < 1.29 is 4.74 Å². The van der Waals surface area contributed by atoms with Gasteiger partial charge in [0.15, 0.2) is 0 Å². The third-order valence-electron chi connectivity index (χ3n) is 2.09. The quantitative estimate of drug-likeness (QED) is 0.722. The van der Waals surface area contributed by atoms with Gasteiger partial charge in [-0.05, 0) is 31.8 Å². The van der Waals surface area contributed by atoms with Gasteiger partial charge < -0.3 is 15.0 Å². The van der Waals surface area contributed by atoms with Crippen LogP contribution in [0.2, 0.25) is 0 Å². The van der Waals surface area contributed by atoms with Crippen LogP contribution in [0.25, 0.3) is 0 Å². The first kappa shape index (κ1) is 12.0. The Morgan fingerprint density at radius 3 is 2.40 bits per heavy atom. The molecule has 0 radical (unpaired) electrons. The number of ether oxygens (including phenoxy) is 1. The molecule has 0 atom stereocenters. The van der Waals surface area contributed by atoms with Gasteiger partial charge in [-0.25, -0.2) is 0 Å². The van der Waals surface area contributed by atoms with Crippen LogP contribution in [-0.4, -0.2) is 39.3 Å². The van der Waals surface area contributed by atoms with Crippen molar-refractivity contribution in [3.8, 4) is 0 Å². The first-order chi connectivity index (χ1) is 7.22. The Hall–Kier alpha value is -1.06. The predicted molar refractivity (Wildman–Crippen MR) is 64.2 cm³/mol. The number of hydrogen-bond acceptors (Lipinski definition) is 3. The maximum atomic E-state index is 4.97. The molecule has 0 unspecified atom stereocenters. The van der Waals surface area contributed by atoms with Crippen LogP contribution in [0.5, 0.6) is 0 Å². The second kappa shape index (κ2) is 6.43. The molecule has 0 saturated carbocycles. The van der Waals surface area contributed by atoms with Crippen LogP contribution in [-0.2, 0) is 11.3 Å². The van der Waals surface area contributed by atoms with Crippen molar-refractivity contribution in [1.29, 1.82) is 0 Å². The molecule has 0 bridgehead atoms. The van der Waals surface area contributed by atoms with Crippen molar-refractivity contribution in [2.45, 2.75) is 6.54 Å². The standard InChI is InChI=1S/C12H20N2O/c1-14(2)10-11-4-6-12(7-5-11)13-8-9-15-3/h4-7,13H,8-10H2,1-3H3. The van der Waals surface area contributed by atoms with E-state index < -0.39 is 0 Å². The second-order valence-electron chi connectivity index (χ2n) is 3.85. The third kappa shape index (κ3) is 4.81. The van der Waals surface area contributed by atoms with E-state index in [4.69, 9.17) is 4.74 Å². The molecule has 0 aliphatic rings. The molecule has 0 aromatic heterocycles. The second-order valence-corrected chi connectivity index (χ2v) is 3.85. The van der Waals surface area contributed by atoms with Gasteiger partial charge in [0.25, 0.3) is 0 Å². The van der Waals surface area contributed by atoms with Crippen molar-refractivity contribution in [2.24, 2.45) is 0 Å². The van der Waals surface area contributed by atoms with E-state index in [0.29, 0.717) is 0 Å². The Balaban J connectivity index is 2.42. The van der Waals surface area contributed by atoms with E-state index >= 15 is 0 Å². The molecule has 0 fully saturated rings. The summed E-state index contributed by atoms with van der Waals surface area (Å²) in [7, 11) is 5.86. The van der Waals surface area contributed by atoms with Crippen LogP contribution >= 0.6 is 0 Å². The fourth-order valence-corrected chi connectivity index (χ4v) is 1.39. The van der Waals surface area contributed by atoms with E-state index in [-0.39, 0.29) is 0 Å². The SMILES string of the molecule is COCCNc1ccc(CN(C)C)cc1. The molecule has 3 nitrogen and oxygen atoms in total. The van der Waals surface area contributed by atoms with Gasteiger partial charge in [0.05, 0.1) is 6.61 Å². The Labute approximate surface area is 92.0 Å². The Morgan fingerprint density at radius 1 is 1.20 bits per heavy atom. The van der Waals surface area contributed by atoms with E-state index in [2.05, 4.69) is 48.6 Å². The predicted octanol–water partition coefficient (Wildman–Crippen LogP) is 1.81. The summed E-state index contributed by atoms with van der Waals surface area (Å²) in [5, 5.41) is 3.29. The molecule has 0 spiro atoms. The molecule has 0 amide bonds. The zero-order valence-electron chi connectivity index (χ0n) is 9.79. The highest BCUT2D eigenvalue weighted by Crippen LogP contribution is 2.10. The summed E-state index contributed by atoms with van der Waals surface area (Å²) in [5.74, 6) is 0. The minimum atomic E-state index is 0.736. The number of benzene rings is 1. The number of methoxy groups -OCH3 is 1. The van der Waals surface area contributed by atoms with Crippen molar-refractivity contribution in [2.75, 3.05) is 39.7 Å². The van der Waals surface area contributed by atoms with Gasteiger partial charge in [0.1, 0.15) is 0 Å². The van der Waals surface area contributed by atoms with E-state index in [1.165, 1.54) is 5.56 Å². The summed E-state index contributed by atoms with van der Waals surface area (Å²) in [5.41, 5.74) is 2.48. The Morgan fingerprint density at radius 2 is 1.87 bits per heavy atom. The van der Waals surface area contributed by atoms with E-state index in [0.717, 1.165) is 25.4 Å². The van der Waals surface area contributed by atoms with Crippen LogP contribution in [0.3, 0.4) is 0 Å². The molecule has 84 valence electrons. The molecule has 3 heteroatoms. The fourth-order valence-electron chi connectivity index (χ4n) is 1.39. The fraction of sp³-hybridized carbons (Fsp3) is 0.500. The summed E-state index contributed by atoms with van der Waals surface area (Å²) in [6, 6.07) is 8.51. The molecule has 0 aliphatic carbocycles. The average Bonchev–Trinajstić information content (AvgIpc) is 2.20. The van der Waals surface area contributed by atoms with Crippen molar-refractivity contribution in [1.82, 2.24) is 4.90 Å². The highest BCUT2D eigenvalue weighted by Gasteiger charge is 1.95. The van der Waals surface area contributed by atoms with Crippen LogP contribution in [0.4, 0.5) is 5.69 Å². The summed E-state index contributed by atoms with van der Waals surface area (Å²) in [6.07, 6.45) is 0. The molecular formula is C12H20N2O. The normalized spacial score (nSPS) is 10.7. The summed E-state index contributed by atoms with van der Waals surface area (Å²) >= 11 is 0. The lowest BCUT2D eigenvalue weighted by Gasteiger charge is -2.10. The number of anilines is 1. The van der Waals surface area contributed by atoms with Gasteiger partial charge in [-0.1, -0.05) is 12.1 Å². The van der Waals surface area contributed by atoms with Crippen molar-refractivity contribution in [3.63, 3.8) is 0 Å². The minimum Gasteiger partial charge on any atom is -0.383 e. The van der Waals surface area contributed by atoms with Gasteiger partial charge in [-0.3, -0.25) is 0 Å². The highest BCUT2D eigenvalue weighted by atomic mass is 16.5. The molecule has 15 heavy (non-hydrogen) atoms. The summed E-state index contributed by atoms with van der Waals surface area (Å²) in [4.78, 5) is 2.16. The lowest BCUT2D eigenvalue weighted by atomic mass is 10.2. The van der Waals surface area contributed by atoms with Gasteiger partial charge in [0, 0.05) is 25.9 Å². The molecular weight excluding hydrogens is 188 g/mol. The van der Waals surface area contributed by atoms with E-state index in [1.54, 1.807) is 7.11 Å². The van der Waals surface area contributed by atoms with E-state index in [1.807, 2.05) is 0 Å². The van der Waals surface area contributed by atoms with Crippen LogP contribution in [0, 0.1) is 0 Å². The van der Waals surface area contributed by atoms with Gasteiger partial charge >= 0.3 is 0 Å². The Bertz CT molecular complexity index is 269. The molecule has 0 aliphatic heterocycles. The smallest absolute Gasteiger partial charge is 0.0635 e. The van der Waals surface area contributed by atoms with E-state index in [9.17, 15) is 0 Å². The minimum absolute atomic E-state index is 0.736. The summed E-state index contributed by atoms with van der Waals surface area (Å²) < 4.78 is 4.97. The van der Waals surface area contributed by atoms with Crippen molar-refractivity contribution >= 4 is 5.69 Å². The van der Waals surface area contributed by atoms with Crippen molar-refractivity contribution in [3.05, 3.63) is 29.8 Å². The maximum Gasteiger partial charge on any atom is 0.0635 e. The first-order valence-electron chi connectivity index (χ1n) is 5.19. The van der Waals surface area contributed by atoms with Gasteiger partial charge in [0.2, 0.25) is 0 Å². The molecule has 0 heterocycles. The topological polar surface area (TPSA) is 24.5 Å². The first-order valence-corrected chi connectivity index (χ1v) is 5.19. The molecule has 1 aromatic rings. The lowest BCUT2D eigenvalue weighted by molar-refractivity contribution is 0.211. The molecule has 0 saturated heterocycles. The van der Waals surface area contributed by atoms with Crippen LogP contribution in [0.15, 0.2) is 24.3 Å². The number of nitrogens with zero attached hydrogens (tertiary/aromatic N) is 1. The third-order valence-corrected chi connectivity index (χ3v) is 2.09. The zero-order valence-corrected chi connectivity index (χ0v) is 9.79. The number of rotatable bonds is 6. The molecule has 1 aromatic carbocycles. The average molecular weight is 208 g/mol. The number of nitrogens with one attached hydrogen (secondary N) is 1. The zero-order chi connectivity index (χ0) is 11.1. The Kier molecular flexibility index (Phi) is 5.15. The maximum absolute atomic E-state index is 4.97. The number of hydrogen-bond donors (Lipinski definition) is 1. The van der Waals surface area contributed by atoms with Crippen LogP contribution in [0.1, 0.15) is 5.56 Å². The largest absolute Gasteiger partial charge is 0.383 e. The highest BCUT2D eigenvalue weighted by molar-refractivity contribution is 5.44.